The van der Waals surface area contributed by atoms with Gasteiger partial charge in [0, 0.05) is 17.4 Å². The molecule has 182 valence electrons. The SMILES string of the molecule is COc1c([C@H]2[C@H](c3nc4c(C(N)=O)cc(F)cc4[nH]3)O[C@@](C)(C(F)(F)F)[C@H]2C)ccc(F)c1F. The molecule has 1 aliphatic rings. The highest BCUT2D eigenvalue weighted by atomic mass is 19.4. The number of amides is 1. The van der Waals surface area contributed by atoms with Gasteiger partial charge in [0.2, 0.25) is 5.82 Å². The number of fused-ring (bicyclic) bond motifs is 1. The highest BCUT2D eigenvalue weighted by Crippen LogP contribution is 2.59. The first-order chi connectivity index (χ1) is 15.8. The first-order valence-electron chi connectivity index (χ1n) is 10.1. The van der Waals surface area contributed by atoms with Crippen molar-refractivity contribution in [2.75, 3.05) is 7.11 Å². The van der Waals surface area contributed by atoms with Crippen LogP contribution in [-0.2, 0) is 4.74 Å². The lowest BCUT2D eigenvalue weighted by Gasteiger charge is -2.32. The lowest BCUT2D eigenvalue weighted by molar-refractivity contribution is -0.275. The molecule has 1 amide bonds. The average Bonchev–Trinajstić information content (AvgIpc) is 3.28. The third kappa shape index (κ3) is 3.47. The molecular weight excluding hydrogens is 468 g/mol. The number of aromatic nitrogens is 2. The number of nitrogens with two attached hydrogens (primary N) is 1. The molecule has 3 N–H and O–H groups in total. The van der Waals surface area contributed by atoms with Gasteiger partial charge in [-0.3, -0.25) is 4.79 Å². The number of carbonyl (C=O) groups is 1. The van der Waals surface area contributed by atoms with Crippen LogP contribution in [0.5, 0.6) is 5.75 Å². The maximum Gasteiger partial charge on any atom is 0.417 e. The Morgan fingerprint density at radius 1 is 1.24 bits per heavy atom. The Balaban J connectivity index is 1.96. The van der Waals surface area contributed by atoms with Crippen LogP contribution < -0.4 is 10.5 Å². The number of nitrogens with zero attached hydrogens (tertiary/aromatic N) is 1. The van der Waals surface area contributed by atoms with Crippen molar-refractivity contribution in [1.29, 1.82) is 0 Å². The fourth-order valence-electron chi connectivity index (χ4n) is 4.47. The molecule has 1 aliphatic heterocycles. The molecule has 2 aromatic carbocycles. The number of rotatable bonds is 4. The van der Waals surface area contributed by atoms with Crippen LogP contribution in [0, 0.1) is 23.4 Å². The number of halogens is 6. The second-order valence-corrected chi connectivity index (χ2v) is 8.28. The Labute approximate surface area is 189 Å². The van der Waals surface area contributed by atoms with Crippen molar-refractivity contribution in [3.63, 3.8) is 0 Å². The van der Waals surface area contributed by atoms with E-state index in [9.17, 15) is 31.1 Å². The fourth-order valence-corrected chi connectivity index (χ4v) is 4.47. The van der Waals surface area contributed by atoms with Gasteiger partial charge in [0.05, 0.1) is 18.2 Å². The summed E-state index contributed by atoms with van der Waals surface area (Å²) in [7, 11) is 1.06. The predicted molar refractivity (Wildman–Crippen MR) is 108 cm³/mol. The summed E-state index contributed by atoms with van der Waals surface area (Å²) < 4.78 is 95.1. The second kappa shape index (κ2) is 7.90. The molecule has 3 aromatic rings. The van der Waals surface area contributed by atoms with Crippen LogP contribution in [0.15, 0.2) is 24.3 Å². The third-order valence-electron chi connectivity index (χ3n) is 6.42. The number of carbonyl (C=O) groups excluding carboxylic acids is 1. The van der Waals surface area contributed by atoms with Crippen molar-refractivity contribution in [2.24, 2.45) is 11.7 Å². The molecule has 0 bridgehead atoms. The van der Waals surface area contributed by atoms with E-state index in [2.05, 4.69) is 9.97 Å². The Hall–Kier alpha value is -3.28. The molecule has 0 spiro atoms. The van der Waals surface area contributed by atoms with Gasteiger partial charge in [-0.1, -0.05) is 13.0 Å². The van der Waals surface area contributed by atoms with Crippen molar-refractivity contribution in [3.8, 4) is 5.75 Å². The number of H-pyrrole nitrogens is 1. The molecule has 1 saturated heterocycles. The molecule has 0 saturated carbocycles. The Kier molecular flexibility index (Phi) is 5.54. The molecule has 0 aliphatic carbocycles. The lowest BCUT2D eigenvalue weighted by Crippen LogP contribution is -2.46. The van der Waals surface area contributed by atoms with Crippen molar-refractivity contribution >= 4 is 16.9 Å². The number of alkyl halides is 3. The molecule has 0 unspecified atom stereocenters. The highest BCUT2D eigenvalue weighted by Gasteiger charge is 2.65. The molecule has 34 heavy (non-hydrogen) atoms. The minimum atomic E-state index is -4.85. The van der Waals surface area contributed by atoms with E-state index in [0.29, 0.717) is 0 Å². The summed E-state index contributed by atoms with van der Waals surface area (Å²) in [5.74, 6) is -7.73. The number of hydrogen-bond acceptors (Lipinski definition) is 4. The quantitative estimate of drug-likeness (QED) is 0.513. The normalized spacial score (nSPS) is 25.1. The van der Waals surface area contributed by atoms with Gasteiger partial charge in [-0.25, -0.2) is 13.8 Å². The molecule has 6 nitrogen and oxygen atoms in total. The summed E-state index contributed by atoms with van der Waals surface area (Å²) in [6.45, 7) is 2.10. The highest BCUT2D eigenvalue weighted by molar-refractivity contribution is 6.04. The number of benzene rings is 2. The summed E-state index contributed by atoms with van der Waals surface area (Å²) >= 11 is 0. The second-order valence-electron chi connectivity index (χ2n) is 8.28. The zero-order chi connectivity index (χ0) is 25.2. The maximum absolute atomic E-state index is 14.5. The van der Waals surface area contributed by atoms with Crippen molar-refractivity contribution < 1.29 is 40.6 Å². The van der Waals surface area contributed by atoms with Crippen LogP contribution in [0.2, 0.25) is 0 Å². The zero-order valence-corrected chi connectivity index (χ0v) is 18.1. The first kappa shape index (κ1) is 23.9. The largest absolute Gasteiger partial charge is 0.493 e. The molecule has 2 heterocycles. The number of imidazole rings is 1. The molecule has 1 aromatic heterocycles. The van der Waals surface area contributed by atoms with Crippen molar-refractivity contribution in [2.45, 2.75) is 37.6 Å². The number of nitrogens with one attached hydrogen (secondary N) is 1. The van der Waals surface area contributed by atoms with Gasteiger partial charge in [0.1, 0.15) is 23.3 Å². The summed E-state index contributed by atoms with van der Waals surface area (Å²) in [5, 5.41) is 0. The van der Waals surface area contributed by atoms with Crippen LogP contribution in [0.1, 0.15) is 47.6 Å². The fraction of sp³-hybridized carbons (Fsp3) is 0.364. The first-order valence-corrected chi connectivity index (χ1v) is 10.1. The number of primary amides is 1. The van der Waals surface area contributed by atoms with E-state index in [1.807, 2.05) is 0 Å². The standard InChI is InChI=1S/C22H19F6N3O3/c1-8-14(10-4-5-12(24)15(25)17(10)33-3)18(34-21(8,2)22(26,27)28)20-30-13-7-9(23)6-11(19(29)32)16(13)31-20/h4-8,14,18H,1-3H3,(H2,29,32)(H,30,31)/t8-,14-,18+,21+/m0/s1. The van der Waals surface area contributed by atoms with Crippen molar-refractivity contribution in [1.82, 2.24) is 9.97 Å². The third-order valence-corrected chi connectivity index (χ3v) is 6.42. The van der Waals surface area contributed by atoms with Gasteiger partial charge in [0.15, 0.2) is 17.2 Å². The van der Waals surface area contributed by atoms with E-state index in [0.717, 1.165) is 38.3 Å². The predicted octanol–water partition coefficient (Wildman–Crippen LogP) is 4.90. The summed E-state index contributed by atoms with van der Waals surface area (Å²) in [4.78, 5) is 18.6. The molecule has 4 atom stereocenters. The maximum atomic E-state index is 14.5. The van der Waals surface area contributed by atoms with Crippen LogP contribution in [0.3, 0.4) is 0 Å². The Morgan fingerprint density at radius 2 is 1.91 bits per heavy atom. The number of ether oxygens (including phenoxy) is 2. The van der Waals surface area contributed by atoms with E-state index >= 15 is 0 Å². The summed E-state index contributed by atoms with van der Waals surface area (Å²) in [6.07, 6.45) is -6.32. The van der Waals surface area contributed by atoms with Crippen molar-refractivity contribution in [3.05, 3.63) is 58.7 Å². The van der Waals surface area contributed by atoms with Crippen LogP contribution in [-0.4, -0.2) is 34.8 Å². The smallest absolute Gasteiger partial charge is 0.417 e. The van der Waals surface area contributed by atoms with Crippen LogP contribution in [0.4, 0.5) is 26.3 Å². The van der Waals surface area contributed by atoms with E-state index in [-0.39, 0.29) is 28.0 Å². The van der Waals surface area contributed by atoms with E-state index in [1.54, 1.807) is 0 Å². The van der Waals surface area contributed by atoms with Crippen LogP contribution >= 0.6 is 0 Å². The lowest BCUT2D eigenvalue weighted by atomic mass is 9.77. The van der Waals surface area contributed by atoms with Gasteiger partial charge in [0.25, 0.3) is 5.91 Å². The van der Waals surface area contributed by atoms with Gasteiger partial charge in [-0.15, -0.1) is 0 Å². The minimum Gasteiger partial charge on any atom is -0.493 e. The average molecular weight is 487 g/mol. The van der Waals surface area contributed by atoms with Crippen LogP contribution in [0.25, 0.3) is 11.0 Å². The molecular formula is C22H19F6N3O3. The van der Waals surface area contributed by atoms with Gasteiger partial charge >= 0.3 is 6.18 Å². The molecule has 0 radical (unpaired) electrons. The van der Waals surface area contributed by atoms with E-state index < -0.39 is 58.8 Å². The van der Waals surface area contributed by atoms with E-state index in [1.165, 1.54) is 6.92 Å². The van der Waals surface area contributed by atoms with Gasteiger partial charge in [-0.05, 0) is 25.1 Å². The number of methoxy groups -OCH3 is 1. The Morgan fingerprint density at radius 3 is 2.50 bits per heavy atom. The summed E-state index contributed by atoms with van der Waals surface area (Å²) in [5.41, 5.74) is 2.14. The van der Waals surface area contributed by atoms with E-state index in [4.69, 9.17) is 15.2 Å². The number of hydrogen-bond donors (Lipinski definition) is 2. The topological polar surface area (TPSA) is 90.2 Å². The molecule has 4 rings (SSSR count). The summed E-state index contributed by atoms with van der Waals surface area (Å²) in [6, 6.07) is 3.74. The molecule has 12 heteroatoms. The number of aromatic amines is 1. The molecule has 1 fully saturated rings. The Bertz CT molecular complexity index is 1290. The van der Waals surface area contributed by atoms with Gasteiger partial charge < -0.3 is 20.2 Å². The monoisotopic (exact) mass is 487 g/mol. The zero-order valence-electron chi connectivity index (χ0n) is 18.1. The van der Waals surface area contributed by atoms with Gasteiger partial charge in [-0.2, -0.15) is 17.6 Å². The minimum absolute atomic E-state index is 0.00309.